The zero-order valence-electron chi connectivity index (χ0n) is 12.3. The standard InChI is InChI=1S/C14H24N4O2/c1-10(2)14(3-4-15-9-14)12(19)17-5-6-18-11(8-17)7-16-13(18)20/h10-11,15H,3-9H2,1-2H3,(H,16,20). The summed E-state index contributed by atoms with van der Waals surface area (Å²) in [6.45, 7) is 8.64. The van der Waals surface area contributed by atoms with Crippen molar-refractivity contribution in [3.05, 3.63) is 0 Å². The monoisotopic (exact) mass is 280 g/mol. The van der Waals surface area contributed by atoms with Gasteiger partial charge in [-0.2, -0.15) is 0 Å². The summed E-state index contributed by atoms with van der Waals surface area (Å²) in [6, 6.07) is 0.168. The van der Waals surface area contributed by atoms with E-state index in [4.69, 9.17) is 0 Å². The average molecular weight is 280 g/mol. The van der Waals surface area contributed by atoms with Gasteiger partial charge in [-0.25, -0.2) is 4.79 Å². The van der Waals surface area contributed by atoms with Crippen LogP contribution >= 0.6 is 0 Å². The van der Waals surface area contributed by atoms with Crippen molar-refractivity contribution in [2.24, 2.45) is 11.3 Å². The van der Waals surface area contributed by atoms with Crippen LogP contribution in [-0.2, 0) is 4.79 Å². The van der Waals surface area contributed by atoms with Crippen LogP contribution < -0.4 is 10.6 Å². The lowest BCUT2D eigenvalue weighted by atomic mass is 9.75. The lowest BCUT2D eigenvalue weighted by Gasteiger charge is -2.42. The van der Waals surface area contributed by atoms with Crippen LogP contribution in [0.15, 0.2) is 0 Å². The van der Waals surface area contributed by atoms with E-state index >= 15 is 0 Å². The van der Waals surface area contributed by atoms with Crippen LogP contribution in [0.4, 0.5) is 4.79 Å². The Morgan fingerprint density at radius 2 is 2.20 bits per heavy atom. The number of nitrogens with one attached hydrogen (secondary N) is 2. The van der Waals surface area contributed by atoms with E-state index in [1.807, 2.05) is 9.80 Å². The first-order valence-corrected chi connectivity index (χ1v) is 7.59. The molecule has 3 saturated heterocycles. The van der Waals surface area contributed by atoms with Gasteiger partial charge < -0.3 is 20.4 Å². The highest BCUT2D eigenvalue weighted by Gasteiger charge is 2.48. The van der Waals surface area contributed by atoms with Gasteiger partial charge in [-0.1, -0.05) is 13.8 Å². The fourth-order valence-electron chi connectivity index (χ4n) is 3.74. The van der Waals surface area contributed by atoms with E-state index in [1.54, 1.807) is 0 Å². The summed E-state index contributed by atoms with van der Waals surface area (Å²) >= 11 is 0. The number of rotatable bonds is 2. The van der Waals surface area contributed by atoms with E-state index in [-0.39, 0.29) is 23.4 Å². The molecule has 2 unspecified atom stereocenters. The Kier molecular flexibility index (Phi) is 3.36. The van der Waals surface area contributed by atoms with Gasteiger partial charge >= 0.3 is 6.03 Å². The van der Waals surface area contributed by atoms with E-state index in [2.05, 4.69) is 24.5 Å². The maximum absolute atomic E-state index is 13.0. The molecule has 0 aliphatic carbocycles. The molecule has 0 aromatic rings. The van der Waals surface area contributed by atoms with Gasteiger partial charge in [-0.05, 0) is 18.9 Å². The van der Waals surface area contributed by atoms with Crippen LogP contribution in [0.25, 0.3) is 0 Å². The largest absolute Gasteiger partial charge is 0.338 e. The molecule has 3 heterocycles. The van der Waals surface area contributed by atoms with Gasteiger partial charge in [0.05, 0.1) is 11.5 Å². The Morgan fingerprint density at radius 1 is 1.40 bits per heavy atom. The van der Waals surface area contributed by atoms with Crippen LogP contribution in [0, 0.1) is 11.3 Å². The van der Waals surface area contributed by atoms with Crippen molar-refractivity contribution < 1.29 is 9.59 Å². The Balaban J connectivity index is 1.73. The van der Waals surface area contributed by atoms with E-state index in [0.29, 0.717) is 32.1 Å². The van der Waals surface area contributed by atoms with E-state index in [1.165, 1.54) is 0 Å². The fourth-order valence-corrected chi connectivity index (χ4v) is 3.74. The molecule has 0 radical (unpaired) electrons. The highest BCUT2D eigenvalue weighted by Crippen LogP contribution is 2.36. The number of carbonyl (C=O) groups excluding carboxylic acids is 2. The summed E-state index contributed by atoms with van der Waals surface area (Å²) in [5, 5.41) is 6.20. The number of amides is 3. The molecule has 112 valence electrons. The summed E-state index contributed by atoms with van der Waals surface area (Å²) in [5.41, 5.74) is -0.252. The maximum Gasteiger partial charge on any atom is 0.317 e. The van der Waals surface area contributed by atoms with Gasteiger partial charge in [0.1, 0.15) is 0 Å². The van der Waals surface area contributed by atoms with Crippen LogP contribution in [0.1, 0.15) is 20.3 Å². The third-order valence-corrected chi connectivity index (χ3v) is 5.24. The SMILES string of the molecule is CC(C)C1(C(=O)N2CCN3C(=O)NCC3C2)CCNC1. The van der Waals surface area contributed by atoms with Gasteiger partial charge in [0, 0.05) is 32.7 Å². The number of carbonyl (C=O) groups is 2. The number of hydrogen-bond acceptors (Lipinski definition) is 3. The zero-order chi connectivity index (χ0) is 14.3. The third-order valence-electron chi connectivity index (χ3n) is 5.24. The number of piperazine rings is 1. The van der Waals surface area contributed by atoms with Crippen molar-refractivity contribution in [2.75, 3.05) is 39.3 Å². The molecule has 3 rings (SSSR count). The first-order valence-electron chi connectivity index (χ1n) is 7.59. The average Bonchev–Trinajstić information content (AvgIpc) is 3.06. The molecule has 2 N–H and O–H groups in total. The predicted molar refractivity (Wildman–Crippen MR) is 75.2 cm³/mol. The Bertz CT molecular complexity index is 417. The van der Waals surface area contributed by atoms with E-state index in [9.17, 15) is 9.59 Å². The van der Waals surface area contributed by atoms with Crippen molar-refractivity contribution in [1.82, 2.24) is 20.4 Å². The van der Waals surface area contributed by atoms with Gasteiger partial charge in [-0.3, -0.25) is 4.79 Å². The van der Waals surface area contributed by atoms with Crippen LogP contribution in [0.5, 0.6) is 0 Å². The van der Waals surface area contributed by atoms with Crippen molar-refractivity contribution in [3.8, 4) is 0 Å². The number of urea groups is 1. The first-order chi connectivity index (χ1) is 9.54. The minimum absolute atomic E-state index is 0.0169. The number of hydrogen-bond donors (Lipinski definition) is 2. The number of nitrogens with zero attached hydrogens (tertiary/aromatic N) is 2. The summed E-state index contributed by atoms with van der Waals surface area (Å²) < 4.78 is 0. The van der Waals surface area contributed by atoms with Crippen LogP contribution in [0.2, 0.25) is 0 Å². The van der Waals surface area contributed by atoms with Gasteiger partial charge in [0.25, 0.3) is 0 Å². The second kappa shape index (κ2) is 4.91. The summed E-state index contributed by atoms with van der Waals surface area (Å²) in [4.78, 5) is 28.5. The lowest BCUT2D eigenvalue weighted by molar-refractivity contribution is -0.146. The minimum atomic E-state index is -0.252. The maximum atomic E-state index is 13.0. The van der Waals surface area contributed by atoms with Gasteiger partial charge in [-0.15, -0.1) is 0 Å². The molecular weight excluding hydrogens is 256 g/mol. The van der Waals surface area contributed by atoms with Crippen molar-refractivity contribution in [2.45, 2.75) is 26.3 Å². The predicted octanol–water partition coefficient (Wildman–Crippen LogP) is -0.142. The molecule has 6 nitrogen and oxygen atoms in total. The Morgan fingerprint density at radius 3 is 2.85 bits per heavy atom. The van der Waals surface area contributed by atoms with E-state index in [0.717, 1.165) is 19.5 Å². The Labute approximate surface area is 119 Å². The van der Waals surface area contributed by atoms with E-state index < -0.39 is 0 Å². The topological polar surface area (TPSA) is 64.7 Å². The molecule has 0 spiro atoms. The molecule has 0 aromatic heterocycles. The highest BCUT2D eigenvalue weighted by atomic mass is 16.2. The molecule has 3 aliphatic rings. The third kappa shape index (κ3) is 1.97. The second-order valence-electron chi connectivity index (χ2n) is 6.52. The molecule has 3 fully saturated rings. The lowest BCUT2D eigenvalue weighted by Crippen LogP contribution is -2.58. The summed E-state index contributed by atoms with van der Waals surface area (Å²) in [7, 11) is 0. The fraction of sp³-hybridized carbons (Fsp3) is 0.857. The van der Waals surface area contributed by atoms with Crippen LogP contribution in [-0.4, -0.2) is 67.0 Å². The molecule has 2 atom stereocenters. The molecule has 20 heavy (non-hydrogen) atoms. The molecule has 6 heteroatoms. The van der Waals surface area contributed by atoms with Crippen molar-refractivity contribution in [3.63, 3.8) is 0 Å². The first kappa shape index (κ1) is 13.7. The van der Waals surface area contributed by atoms with Crippen molar-refractivity contribution >= 4 is 11.9 Å². The molecule has 0 bridgehead atoms. The molecular formula is C14H24N4O2. The molecule has 3 amide bonds. The molecule has 3 aliphatic heterocycles. The van der Waals surface area contributed by atoms with Gasteiger partial charge in [0.2, 0.25) is 5.91 Å². The summed E-state index contributed by atoms with van der Waals surface area (Å²) in [6.07, 6.45) is 0.922. The highest BCUT2D eigenvalue weighted by molar-refractivity contribution is 5.84. The summed E-state index contributed by atoms with van der Waals surface area (Å²) in [5.74, 6) is 0.614. The minimum Gasteiger partial charge on any atom is -0.338 e. The smallest absolute Gasteiger partial charge is 0.317 e. The second-order valence-corrected chi connectivity index (χ2v) is 6.52. The zero-order valence-corrected chi connectivity index (χ0v) is 12.3. The van der Waals surface area contributed by atoms with Gasteiger partial charge in [0.15, 0.2) is 0 Å². The quantitative estimate of drug-likeness (QED) is 0.740. The normalized spacial score (nSPS) is 33.5. The Hall–Kier alpha value is -1.30. The van der Waals surface area contributed by atoms with Crippen molar-refractivity contribution in [1.29, 1.82) is 0 Å². The number of fused-ring (bicyclic) bond motifs is 1. The molecule has 0 saturated carbocycles. The van der Waals surface area contributed by atoms with Crippen LogP contribution in [0.3, 0.4) is 0 Å². The molecule has 0 aromatic carbocycles.